The molecule has 0 heterocycles. The molecule has 0 unspecified atom stereocenters. The predicted molar refractivity (Wildman–Crippen MR) is 65.5 cm³/mol. The molecule has 0 fully saturated rings. The quantitative estimate of drug-likeness (QED) is 0.840. The Balaban J connectivity index is 2.20. The number of anilines is 1. The van der Waals surface area contributed by atoms with Crippen molar-refractivity contribution in [3.05, 3.63) is 65.5 Å². The van der Waals surface area contributed by atoms with E-state index in [0.29, 0.717) is 5.56 Å². The lowest BCUT2D eigenvalue weighted by atomic mass is 10.1. The highest BCUT2D eigenvalue weighted by atomic mass is 19.1. The number of nitrogens with one attached hydrogen (secondary N) is 1. The average Bonchev–Trinajstić information content (AvgIpc) is 2.32. The highest BCUT2D eigenvalue weighted by molar-refractivity contribution is 6.04. The Morgan fingerprint density at radius 3 is 2.59 bits per heavy atom. The first-order valence-corrected chi connectivity index (χ1v) is 5.29. The highest BCUT2D eigenvalue weighted by Gasteiger charge is 2.08. The van der Waals surface area contributed by atoms with E-state index in [4.69, 9.17) is 0 Å². The Bertz CT molecular complexity index is 551. The van der Waals surface area contributed by atoms with Crippen molar-refractivity contribution >= 4 is 11.6 Å². The summed E-state index contributed by atoms with van der Waals surface area (Å²) in [4.78, 5) is 11.8. The summed E-state index contributed by atoms with van der Waals surface area (Å²) in [5, 5.41) is 2.54. The molecule has 2 nitrogen and oxygen atoms in total. The molecule has 86 valence electrons. The lowest BCUT2D eigenvalue weighted by molar-refractivity contribution is 0.102. The van der Waals surface area contributed by atoms with Crippen molar-refractivity contribution in [3.63, 3.8) is 0 Å². The number of aryl methyl sites for hydroxylation is 1. The maximum atomic E-state index is 13.3. The van der Waals surface area contributed by atoms with Gasteiger partial charge in [-0.05, 0) is 31.2 Å². The molecule has 0 bridgehead atoms. The second kappa shape index (κ2) is 4.78. The highest BCUT2D eigenvalue weighted by Crippen LogP contribution is 2.14. The number of para-hydroxylation sites is 1. The number of carbonyl (C=O) groups excluding carboxylic acids is 1. The third kappa shape index (κ3) is 2.69. The van der Waals surface area contributed by atoms with Gasteiger partial charge in [-0.15, -0.1) is 0 Å². The van der Waals surface area contributed by atoms with Crippen molar-refractivity contribution in [2.24, 2.45) is 0 Å². The zero-order valence-corrected chi connectivity index (χ0v) is 9.41. The molecule has 0 spiro atoms. The number of hydrogen-bond donors (Lipinski definition) is 1. The Labute approximate surface area is 99.1 Å². The smallest absolute Gasteiger partial charge is 0.255 e. The predicted octanol–water partition coefficient (Wildman–Crippen LogP) is 3.39. The summed E-state index contributed by atoms with van der Waals surface area (Å²) >= 11 is 0. The third-order valence-electron chi connectivity index (χ3n) is 2.40. The van der Waals surface area contributed by atoms with Gasteiger partial charge in [-0.1, -0.05) is 29.8 Å². The van der Waals surface area contributed by atoms with Crippen molar-refractivity contribution in [2.45, 2.75) is 6.92 Å². The first kappa shape index (κ1) is 11.3. The van der Waals surface area contributed by atoms with Crippen LogP contribution in [0.5, 0.6) is 0 Å². The molecule has 0 aliphatic carbocycles. The molecule has 0 radical (unpaired) electrons. The van der Waals surface area contributed by atoms with E-state index in [1.807, 2.05) is 13.0 Å². The van der Waals surface area contributed by atoms with E-state index in [-0.39, 0.29) is 11.6 Å². The molecular formula is C14H12FNO. The monoisotopic (exact) mass is 229 g/mol. The van der Waals surface area contributed by atoms with Crippen LogP contribution in [0.1, 0.15) is 15.9 Å². The molecule has 2 rings (SSSR count). The van der Waals surface area contributed by atoms with Gasteiger partial charge >= 0.3 is 0 Å². The standard InChI is InChI=1S/C14H12FNO/c1-10-5-4-6-11(9-10)14(17)16-13-8-3-2-7-12(13)15/h2-9H,1H3,(H,16,17). The van der Waals surface area contributed by atoms with Gasteiger partial charge in [0.2, 0.25) is 0 Å². The first-order chi connectivity index (χ1) is 8.16. The number of carbonyl (C=O) groups is 1. The van der Waals surface area contributed by atoms with Crippen LogP contribution in [0.15, 0.2) is 48.5 Å². The van der Waals surface area contributed by atoms with Crippen LogP contribution in [-0.4, -0.2) is 5.91 Å². The minimum absolute atomic E-state index is 0.194. The molecule has 0 aromatic heterocycles. The largest absolute Gasteiger partial charge is 0.319 e. The second-order valence-corrected chi connectivity index (χ2v) is 3.80. The van der Waals surface area contributed by atoms with Crippen molar-refractivity contribution in [1.82, 2.24) is 0 Å². The van der Waals surface area contributed by atoms with Gasteiger partial charge in [0.05, 0.1) is 5.69 Å². The van der Waals surface area contributed by atoms with Gasteiger partial charge in [-0.3, -0.25) is 4.79 Å². The maximum absolute atomic E-state index is 13.3. The van der Waals surface area contributed by atoms with E-state index in [1.165, 1.54) is 12.1 Å². The first-order valence-electron chi connectivity index (χ1n) is 5.29. The van der Waals surface area contributed by atoms with Gasteiger partial charge in [0.15, 0.2) is 0 Å². The fourth-order valence-electron chi connectivity index (χ4n) is 1.54. The molecule has 0 aliphatic heterocycles. The van der Waals surface area contributed by atoms with Crippen molar-refractivity contribution in [2.75, 3.05) is 5.32 Å². The molecule has 0 atom stereocenters. The molecule has 0 saturated carbocycles. The zero-order chi connectivity index (χ0) is 12.3. The van der Waals surface area contributed by atoms with Crippen molar-refractivity contribution in [3.8, 4) is 0 Å². The van der Waals surface area contributed by atoms with Crippen molar-refractivity contribution < 1.29 is 9.18 Å². The van der Waals surface area contributed by atoms with Gasteiger partial charge in [0, 0.05) is 5.56 Å². The Kier molecular flexibility index (Phi) is 3.19. The molecule has 17 heavy (non-hydrogen) atoms. The van der Waals surface area contributed by atoms with Crippen LogP contribution in [0.25, 0.3) is 0 Å². The van der Waals surface area contributed by atoms with Crippen LogP contribution in [-0.2, 0) is 0 Å². The number of hydrogen-bond acceptors (Lipinski definition) is 1. The van der Waals surface area contributed by atoms with E-state index in [2.05, 4.69) is 5.32 Å². The fraction of sp³-hybridized carbons (Fsp3) is 0.0714. The van der Waals surface area contributed by atoms with Crippen LogP contribution >= 0.6 is 0 Å². The number of benzene rings is 2. The molecule has 3 heteroatoms. The van der Waals surface area contributed by atoms with E-state index in [9.17, 15) is 9.18 Å². The van der Waals surface area contributed by atoms with E-state index in [1.54, 1.807) is 30.3 Å². The molecule has 2 aromatic rings. The number of amides is 1. The lowest BCUT2D eigenvalue weighted by Crippen LogP contribution is -2.12. The summed E-state index contributed by atoms with van der Waals surface area (Å²) in [5.41, 5.74) is 1.71. The zero-order valence-electron chi connectivity index (χ0n) is 9.41. The summed E-state index contributed by atoms with van der Waals surface area (Å²) in [6.07, 6.45) is 0. The Morgan fingerprint density at radius 1 is 1.12 bits per heavy atom. The molecule has 1 N–H and O–H groups in total. The fourth-order valence-corrected chi connectivity index (χ4v) is 1.54. The van der Waals surface area contributed by atoms with Crippen LogP contribution in [0, 0.1) is 12.7 Å². The SMILES string of the molecule is Cc1cccc(C(=O)Nc2ccccc2F)c1. The van der Waals surface area contributed by atoms with Crippen LogP contribution < -0.4 is 5.32 Å². The van der Waals surface area contributed by atoms with E-state index in [0.717, 1.165) is 5.56 Å². The van der Waals surface area contributed by atoms with Crippen LogP contribution in [0.3, 0.4) is 0 Å². The van der Waals surface area contributed by atoms with Gasteiger partial charge < -0.3 is 5.32 Å². The van der Waals surface area contributed by atoms with Gasteiger partial charge in [-0.2, -0.15) is 0 Å². The number of rotatable bonds is 2. The van der Waals surface area contributed by atoms with Gasteiger partial charge in [0.1, 0.15) is 5.82 Å². The Hall–Kier alpha value is -2.16. The van der Waals surface area contributed by atoms with Gasteiger partial charge in [-0.25, -0.2) is 4.39 Å². The maximum Gasteiger partial charge on any atom is 0.255 e. The summed E-state index contributed by atoms with van der Waals surface area (Å²) < 4.78 is 13.3. The molecule has 1 amide bonds. The third-order valence-corrected chi connectivity index (χ3v) is 2.40. The van der Waals surface area contributed by atoms with E-state index >= 15 is 0 Å². The lowest BCUT2D eigenvalue weighted by Gasteiger charge is -2.06. The summed E-state index contributed by atoms with van der Waals surface area (Å²) in [6.45, 7) is 1.90. The minimum atomic E-state index is -0.437. The number of halogens is 1. The van der Waals surface area contributed by atoms with E-state index < -0.39 is 5.82 Å². The minimum Gasteiger partial charge on any atom is -0.319 e. The molecule has 0 aliphatic rings. The molecule has 2 aromatic carbocycles. The molecular weight excluding hydrogens is 217 g/mol. The summed E-state index contributed by atoms with van der Waals surface area (Å²) in [6, 6.07) is 13.3. The summed E-state index contributed by atoms with van der Waals surface area (Å²) in [5.74, 6) is -0.743. The Morgan fingerprint density at radius 2 is 1.88 bits per heavy atom. The van der Waals surface area contributed by atoms with Crippen LogP contribution in [0.4, 0.5) is 10.1 Å². The van der Waals surface area contributed by atoms with Gasteiger partial charge in [0.25, 0.3) is 5.91 Å². The van der Waals surface area contributed by atoms with Crippen LogP contribution in [0.2, 0.25) is 0 Å². The summed E-state index contributed by atoms with van der Waals surface area (Å²) in [7, 11) is 0. The van der Waals surface area contributed by atoms with Crippen molar-refractivity contribution in [1.29, 1.82) is 0 Å². The second-order valence-electron chi connectivity index (χ2n) is 3.80. The molecule has 0 saturated heterocycles. The topological polar surface area (TPSA) is 29.1 Å². The normalized spacial score (nSPS) is 10.0. The average molecular weight is 229 g/mol.